The first-order valence-electron chi connectivity index (χ1n) is 9.89. The van der Waals surface area contributed by atoms with Gasteiger partial charge >= 0.3 is 0 Å². The number of fused-ring (bicyclic) bond motifs is 1. The van der Waals surface area contributed by atoms with Gasteiger partial charge in [0.25, 0.3) is 5.56 Å². The molecule has 0 atom stereocenters. The quantitative estimate of drug-likeness (QED) is 0.514. The minimum Gasteiger partial charge on any atom is -0.497 e. The van der Waals surface area contributed by atoms with Gasteiger partial charge in [0.1, 0.15) is 5.75 Å². The van der Waals surface area contributed by atoms with Crippen molar-refractivity contribution in [3.63, 3.8) is 0 Å². The smallest absolute Gasteiger partial charge is 0.266 e. The molecular formula is C22H26N3O2S+. The molecule has 1 aromatic heterocycles. The van der Waals surface area contributed by atoms with Crippen molar-refractivity contribution >= 4 is 22.7 Å². The zero-order chi connectivity index (χ0) is 19.3. The molecule has 5 nitrogen and oxygen atoms in total. The standard InChI is InChI=1S/C22H25N3O2S/c1-27-18-9-7-8-17(16-18)25-21(26)19-10-3-4-11-20(19)23-22(25)28-15-14-24-12-5-2-6-13-24/h3-4,7-11,16H,2,5-6,12-15H2,1H3/p+1. The predicted molar refractivity (Wildman–Crippen MR) is 114 cm³/mol. The molecule has 146 valence electrons. The number of benzene rings is 2. The van der Waals surface area contributed by atoms with Gasteiger partial charge in [-0.15, -0.1) is 0 Å². The molecule has 0 bridgehead atoms. The van der Waals surface area contributed by atoms with Crippen LogP contribution in [0.1, 0.15) is 19.3 Å². The van der Waals surface area contributed by atoms with E-state index in [9.17, 15) is 4.79 Å². The van der Waals surface area contributed by atoms with Crippen LogP contribution in [0.5, 0.6) is 5.75 Å². The molecule has 1 aliphatic rings. The van der Waals surface area contributed by atoms with Crippen molar-refractivity contribution in [2.45, 2.75) is 24.4 Å². The first-order chi connectivity index (χ1) is 13.8. The topological polar surface area (TPSA) is 48.6 Å². The molecule has 0 aliphatic carbocycles. The average molecular weight is 397 g/mol. The van der Waals surface area contributed by atoms with Gasteiger partial charge in [0, 0.05) is 6.07 Å². The van der Waals surface area contributed by atoms with Crippen LogP contribution in [0, 0.1) is 0 Å². The molecule has 0 radical (unpaired) electrons. The second-order valence-electron chi connectivity index (χ2n) is 7.16. The van der Waals surface area contributed by atoms with E-state index in [1.807, 2.05) is 48.5 Å². The van der Waals surface area contributed by atoms with Gasteiger partial charge in [-0.1, -0.05) is 30.0 Å². The fourth-order valence-electron chi connectivity index (χ4n) is 3.77. The van der Waals surface area contributed by atoms with E-state index < -0.39 is 0 Å². The average Bonchev–Trinajstić information content (AvgIpc) is 2.75. The summed E-state index contributed by atoms with van der Waals surface area (Å²) in [6.07, 6.45) is 4.00. The van der Waals surface area contributed by atoms with Crippen molar-refractivity contribution in [2.24, 2.45) is 0 Å². The van der Waals surface area contributed by atoms with Crippen LogP contribution in [-0.4, -0.2) is 42.0 Å². The number of ether oxygens (including phenoxy) is 1. The first-order valence-corrected chi connectivity index (χ1v) is 10.9. The molecular weight excluding hydrogens is 370 g/mol. The fraction of sp³-hybridized carbons (Fsp3) is 0.364. The monoisotopic (exact) mass is 396 g/mol. The molecule has 1 saturated heterocycles. The van der Waals surface area contributed by atoms with Gasteiger partial charge in [0.2, 0.25) is 0 Å². The number of nitrogens with zero attached hydrogens (tertiary/aromatic N) is 2. The van der Waals surface area contributed by atoms with Crippen molar-refractivity contribution < 1.29 is 9.64 Å². The number of methoxy groups -OCH3 is 1. The maximum Gasteiger partial charge on any atom is 0.266 e. The van der Waals surface area contributed by atoms with Gasteiger partial charge in [-0.2, -0.15) is 0 Å². The number of hydrogen-bond acceptors (Lipinski definition) is 4. The molecule has 1 aliphatic heterocycles. The molecule has 0 unspecified atom stereocenters. The summed E-state index contributed by atoms with van der Waals surface area (Å²) in [7, 11) is 1.64. The van der Waals surface area contributed by atoms with Crippen LogP contribution in [0.4, 0.5) is 0 Å². The van der Waals surface area contributed by atoms with Gasteiger partial charge in [0.15, 0.2) is 5.16 Å². The molecule has 2 aromatic carbocycles. The summed E-state index contributed by atoms with van der Waals surface area (Å²) in [4.78, 5) is 19.8. The molecule has 1 N–H and O–H groups in total. The van der Waals surface area contributed by atoms with Crippen LogP contribution < -0.4 is 15.2 Å². The summed E-state index contributed by atoms with van der Waals surface area (Å²) in [5.74, 6) is 1.68. The van der Waals surface area contributed by atoms with Crippen molar-refractivity contribution in [3.05, 3.63) is 58.9 Å². The van der Waals surface area contributed by atoms with E-state index >= 15 is 0 Å². The maximum absolute atomic E-state index is 13.3. The number of aromatic nitrogens is 2. The third-order valence-corrected chi connectivity index (χ3v) is 6.24. The van der Waals surface area contributed by atoms with Crippen molar-refractivity contribution in [3.8, 4) is 11.4 Å². The van der Waals surface area contributed by atoms with Gasteiger partial charge in [-0.05, 0) is 43.5 Å². The Morgan fingerprint density at radius 2 is 1.93 bits per heavy atom. The van der Waals surface area contributed by atoms with Crippen molar-refractivity contribution in [1.82, 2.24) is 9.55 Å². The number of likely N-dealkylation sites (tertiary alicyclic amines) is 1. The second kappa shape index (κ2) is 8.80. The van der Waals surface area contributed by atoms with Crippen LogP contribution >= 0.6 is 11.8 Å². The molecule has 0 spiro atoms. The van der Waals surface area contributed by atoms with Crippen molar-refractivity contribution in [1.29, 1.82) is 0 Å². The maximum atomic E-state index is 13.3. The molecule has 1 fully saturated rings. The van der Waals surface area contributed by atoms with Crippen LogP contribution in [0.3, 0.4) is 0 Å². The number of hydrogen-bond donors (Lipinski definition) is 1. The number of quaternary nitrogens is 1. The molecule has 0 saturated carbocycles. The lowest BCUT2D eigenvalue weighted by molar-refractivity contribution is -0.902. The Morgan fingerprint density at radius 3 is 2.75 bits per heavy atom. The number of piperidine rings is 1. The van der Waals surface area contributed by atoms with Crippen LogP contribution in [0.2, 0.25) is 0 Å². The van der Waals surface area contributed by atoms with Gasteiger partial charge in [-0.25, -0.2) is 4.98 Å². The SMILES string of the molecule is COc1cccc(-n2c(SCC[NH+]3CCCCC3)nc3ccccc3c2=O)c1. The van der Waals surface area contributed by atoms with Crippen LogP contribution in [-0.2, 0) is 0 Å². The summed E-state index contributed by atoms with van der Waals surface area (Å²) < 4.78 is 7.08. The molecule has 28 heavy (non-hydrogen) atoms. The number of nitrogens with one attached hydrogen (secondary N) is 1. The Labute approximate surface area is 169 Å². The fourth-order valence-corrected chi connectivity index (χ4v) is 4.83. The zero-order valence-electron chi connectivity index (χ0n) is 16.2. The summed E-state index contributed by atoms with van der Waals surface area (Å²) in [6.45, 7) is 3.62. The summed E-state index contributed by atoms with van der Waals surface area (Å²) >= 11 is 1.67. The normalized spacial score (nSPS) is 15.0. The largest absolute Gasteiger partial charge is 0.497 e. The highest BCUT2D eigenvalue weighted by Crippen LogP contribution is 2.23. The second-order valence-corrected chi connectivity index (χ2v) is 8.22. The van der Waals surface area contributed by atoms with Gasteiger partial charge in [-0.3, -0.25) is 9.36 Å². The highest BCUT2D eigenvalue weighted by atomic mass is 32.2. The summed E-state index contributed by atoms with van der Waals surface area (Å²) in [5.41, 5.74) is 1.50. The van der Waals surface area contributed by atoms with Crippen molar-refractivity contribution in [2.75, 3.05) is 32.5 Å². The van der Waals surface area contributed by atoms with E-state index in [1.165, 1.54) is 32.4 Å². The van der Waals surface area contributed by atoms with E-state index in [0.29, 0.717) is 5.39 Å². The van der Waals surface area contributed by atoms with E-state index in [4.69, 9.17) is 9.72 Å². The highest BCUT2D eigenvalue weighted by molar-refractivity contribution is 7.99. The number of rotatable bonds is 6. The molecule has 0 amide bonds. The Morgan fingerprint density at radius 1 is 1.11 bits per heavy atom. The zero-order valence-corrected chi connectivity index (χ0v) is 17.0. The minimum absolute atomic E-state index is 0.0355. The van der Waals surface area contributed by atoms with E-state index in [0.717, 1.165) is 34.4 Å². The van der Waals surface area contributed by atoms with Crippen LogP contribution in [0.25, 0.3) is 16.6 Å². The lowest BCUT2D eigenvalue weighted by atomic mass is 10.1. The third-order valence-electron chi connectivity index (χ3n) is 5.30. The third kappa shape index (κ3) is 4.08. The van der Waals surface area contributed by atoms with E-state index in [-0.39, 0.29) is 5.56 Å². The molecule has 4 rings (SSSR count). The summed E-state index contributed by atoms with van der Waals surface area (Å²) in [5, 5.41) is 1.38. The molecule has 3 aromatic rings. The number of thioether (sulfide) groups is 1. The Hall–Kier alpha value is -2.31. The highest BCUT2D eigenvalue weighted by Gasteiger charge is 2.16. The first kappa shape index (κ1) is 19.0. The predicted octanol–water partition coefficient (Wildman–Crippen LogP) is 2.56. The van der Waals surface area contributed by atoms with Gasteiger partial charge in [0.05, 0.1) is 49.1 Å². The van der Waals surface area contributed by atoms with E-state index in [2.05, 4.69) is 0 Å². The Kier molecular flexibility index (Phi) is 5.98. The minimum atomic E-state index is -0.0355. The van der Waals surface area contributed by atoms with Gasteiger partial charge < -0.3 is 9.64 Å². The lowest BCUT2D eigenvalue weighted by Gasteiger charge is -2.23. The number of para-hydroxylation sites is 1. The molecule has 6 heteroatoms. The summed E-state index contributed by atoms with van der Waals surface area (Å²) in [6, 6.07) is 15.2. The van der Waals surface area contributed by atoms with Crippen LogP contribution in [0.15, 0.2) is 58.5 Å². The van der Waals surface area contributed by atoms with E-state index in [1.54, 1.807) is 28.3 Å². The molecule has 2 heterocycles. The Balaban J connectivity index is 1.69. The lowest BCUT2D eigenvalue weighted by Crippen LogP contribution is -3.13. The Bertz CT molecular complexity index is 1010.